The molecule has 15 heteroatoms. The molecule has 2 rings (SSSR count). The molecule has 302 valence electrons. The zero-order chi connectivity index (χ0) is 40.4. The first kappa shape index (κ1) is 45.9. The molecule has 1 heterocycles. The SMILES string of the molecule is CC[C@@H](C)[C@@H]([C@@H](CC(=O)N1CCC[C@H]1[C@H](OC)[C@@H](C)C(=O)NS(=O)(=O)Cc1ccc(N)cc1)OC)N(C)C(=O)[C@@H](NC(=O)[C@H](C(C)C)N(C)C)C(C)C. The van der Waals surface area contributed by atoms with Gasteiger partial charge in [0, 0.05) is 33.5 Å². The molecule has 53 heavy (non-hydrogen) atoms. The first-order valence-electron chi connectivity index (χ1n) is 18.7. The van der Waals surface area contributed by atoms with Crippen LogP contribution in [0.15, 0.2) is 24.3 Å². The summed E-state index contributed by atoms with van der Waals surface area (Å²) in [6.45, 7) is 13.8. The van der Waals surface area contributed by atoms with Crippen molar-refractivity contribution in [2.45, 2.75) is 116 Å². The van der Waals surface area contributed by atoms with Gasteiger partial charge >= 0.3 is 0 Å². The van der Waals surface area contributed by atoms with Crippen LogP contribution >= 0.6 is 0 Å². The number of carbonyl (C=O) groups excluding carboxylic acids is 4. The van der Waals surface area contributed by atoms with Crippen LogP contribution in [0.3, 0.4) is 0 Å². The van der Waals surface area contributed by atoms with Gasteiger partial charge in [-0.15, -0.1) is 0 Å². The van der Waals surface area contributed by atoms with Crippen molar-refractivity contribution in [2.24, 2.45) is 23.7 Å². The highest BCUT2D eigenvalue weighted by Gasteiger charge is 2.43. The summed E-state index contributed by atoms with van der Waals surface area (Å²) in [6, 6.07) is 4.17. The van der Waals surface area contributed by atoms with Crippen LogP contribution in [0.1, 0.15) is 79.7 Å². The fourth-order valence-electron chi connectivity index (χ4n) is 7.53. The Kier molecular flexibility index (Phi) is 17.7. The summed E-state index contributed by atoms with van der Waals surface area (Å²) in [5.74, 6) is -2.97. The number of sulfonamides is 1. The van der Waals surface area contributed by atoms with Crippen LogP contribution in [0, 0.1) is 23.7 Å². The lowest BCUT2D eigenvalue weighted by Crippen LogP contribution is -2.59. The molecule has 14 nitrogen and oxygen atoms in total. The zero-order valence-corrected chi connectivity index (χ0v) is 34.7. The number of amides is 4. The Morgan fingerprint density at radius 2 is 1.55 bits per heavy atom. The molecular formula is C38H66N6O8S. The average molecular weight is 767 g/mol. The zero-order valence-electron chi connectivity index (χ0n) is 33.9. The lowest BCUT2D eigenvalue weighted by Gasteiger charge is -2.41. The van der Waals surface area contributed by atoms with Crippen LogP contribution < -0.4 is 15.8 Å². The fraction of sp³-hybridized carbons (Fsp3) is 0.737. The van der Waals surface area contributed by atoms with Crippen molar-refractivity contribution < 1.29 is 37.1 Å². The number of carbonyl (C=O) groups is 4. The second kappa shape index (κ2) is 20.4. The molecule has 0 spiro atoms. The van der Waals surface area contributed by atoms with E-state index >= 15 is 0 Å². The largest absolute Gasteiger partial charge is 0.399 e. The maximum atomic E-state index is 14.2. The van der Waals surface area contributed by atoms with E-state index in [1.54, 1.807) is 48.0 Å². The normalized spacial score (nSPS) is 19.0. The van der Waals surface area contributed by atoms with Crippen molar-refractivity contribution in [3.8, 4) is 0 Å². The standard InChI is InChI=1S/C38H66N6O8S/c1-13-25(6)34(43(10)38(48)32(23(2)3)40-37(47)33(24(4)5)42(8)9)30(51-11)21-31(45)44-20-14-15-29(44)35(52-12)26(7)36(46)41-53(49,50)22-27-16-18-28(39)19-17-27/h16-19,23-26,29-30,32-35H,13-15,20-22,39H2,1-12H3,(H,40,47)(H,41,46)/t25-,26-,29+,30-,32+,33+,34+,35-/m1/s1. The quantitative estimate of drug-likeness (QED) is 0.167. The Morgan fingerprint density at radius 1 is 0.943 bits per heavy atom. The minimum absolute atomic E-state index is 0.0280. The number of benzene rings is 1. The Hall–Kier alpha value is -3.27. The van der Waals surface area contributed by atoms with Gasteiger partial charge in [0.1, 0.15) is 6.04 Å². The van der Waals surface area contributed by atoms with Crippen molar-refractivity contribution in [1.29, 1.82) is 0 Å². The summed E-state index contributed by atoms with van der Waals surface area (Å²) in [4.78, 5) is 60.1. The summed E-state index contributed by atoms with van der Waals surface area (Å²) < 4.78 is 39.7. The Morgan fingerprint density at radius 3 is 2.04 bits per heavy atom. The van der Waals surface area contributed by atoms with Gasteiger partial charge in [-0.25, -0.2) is 8.42 Å². The smallest absolute Gasteiger partial charge is 0.245 e. The molecule has 1 aliphatic heterocycles. The van der Waals surface area contributed by atoms with E-state index < -0.39 is 64.0 Å². The van der Waals surface area contributed by atoms with Gasteiger partial charge in [0.05, 0.1) is 48.4 Å². The molecule has 1 aliphatic rings. The van der Waals surface area contributed by atoms with Crippen LogP contribution in [-0.4, -0.2) is 125 Å². The molecule has 1 aromatic carbocycles. The van der Waals surface area contributed by atoms with Crippen LogP contribution in [0.2, 0.25) is 0 Å². The number of hydrogen-bond donors (Lipinski definition) is 3. The Bertz CT molecular complexity index is 1460. The van der Waals surface area contributed by atoms with Gasteiger partial charge in [-0.05, 0) is 62.4 Å². The van der Waals surface area contributed by atoms with Gasteiger partial charge in [-0.3, -0.25) is 28.8 Å². The number of likely N-dealkylation sites (tertiary alicyclic amines) is 1. The molecule has 0 aliphatic carbocycles. The molecule has 4 N–H and O–H groups in total. The first-order chi connectivity index (χ1) is 24.7. The van der Waals surface area contributed by atoms with Crippen LogP contribution in [0.25, 0.3) is 0 Å². The molecule has 1 fully saturated rings. The van der Waals surface area contributed by atoms with E-state index in [4.69, 9.17) is 15.2 Å². The van der Waals surface area contributed by atoms with E-state index in [-0.39, 0.29) is 41.9 Å². The molecule has 1 aromatic rings. The summed E-state index contributed by atoms with van der Waals surface area (Å²) >= 11 is 0. The number of nitrogens with two attached hydrogens (primary N) is 1. The predicted molar refractivity (Wildman–Crippen MR) is 207 cm³/mol. The number of rotatable bonds is 20. The molecule has 8 atom stereocenters. The topological polar surface area (TPSA) is 181 Å². The van der Waals surface area contributed by atoms with Crippen molar-refractivity contribution in [3.05, 3.63) is 29.8 Å². The van der Waals surface area contributed by atoms with Crippen molar-refractivity contribution >= 4 is 39.3 Å². The summed E-state index contributed by atoms with van der Waals surface area (Å²) in [5.41, 5.74) is 6.68. The summed E-state index contributed by atoms with van der Waals surface area (Å²) in [7, 11) is 4.32. The second-order valence-corrected chi connectivity index (χ2v) is 17.2. The maximum Gasteiger partial charge on any atom is 0.245 e. The molecule has 4 amide bonds. The molecule has 0 unspecified atom stereocenters. The minimum Gasteiger partial charge on any atom is -0.399 e. The summed E-state index contributed by atoms with van der Waals surface area (Å²) in [5, 5.41) is 3.01. The number of ether oxygens (including phenoxy) is 2. The number of hydrogen-bond acceptors (Lipinski definition) is 10. The third-order valence-electron chi connectivity index (χ3n) is 10.5. The lowest BCUT2D eigenvalue weighted by atomic mass is 9.89. The number of nitrogens with zero attached hydrogens (tertiary/aromatic N) is 3. The van der Waals surface area contributed by atoms with Crippen LogP contribution in [0.5, 0.6) is 0 Å². The van der Waals surface area contributed by atoms with Crippen molar-refractivity contribution in [1.82, 2.24) is 24.7 Å². The molecule has 0 saturated carbocycles. The summed E-state index contributed by atoms with van der Waals surface area (Å²) in [6.07, 6.45) is 0.437. The van der Waals surface area contributed by atoms with E-state index in [9.17, 15) is 27.6 Å². The first-order valence-corrected chi connectivity index (χ1v) is 20.3. The van der Waals surface area contributed by atoms with Gasteiger partial charge in [-0.1, -0.05) is 67.0 Å². The van der Waals surface area contributed by atoms with Gasteiger partial charge in [-0.2, -0.15) is 0 Å². The average Bonchev–Trinajstić information content (AvgIpc) is 3.56. The van der Waals surface area contributed by atoms with Gasteiger partial charge in [0.2, 0.25) is 33.7 Å². The van der Waals surface area contributed by atoms with Gasteiger partial charge in [0.15, 0.2) is 0 Å². The molecule has 0 aromatic heterocycles. The Labute approximate surface area is 317 Å². The number of anilines is 1. The highest BCUT2D eigenvalue weighted by molar-refractivity contribution is 7.89. The maximum absolute atomic E-state index is 14.2. The molecule has 0 bridgehead atoms. The minimum atomic E-state index is -4.02. The van der Waals surface area contributed by atoms with E-state index in [2.05, 4.69) is 10.0 Å². The van der Waals surface area contributed by atoms with E-state index in [1.807, 2.05) is 60.5 Å². The van der Waals surface area contributed by atoms with Crippen molar-refractivity contribution in [2.75, 3.05) is 47.6 Å². The third kappa shape index (κ3) is 12.4. The van der Waals surface area contributed by atoms with Crippen LogP contribution in [0.4, 0.5) is 5.69 Å². The predicted octanol–water partition coefficient (Wildman–Crippen LogP) is 2.86. The number of nitrogen functional groups attached to an aromatic ring is 1. The highest BCUT2D eigenvalue weighted by Crippen LogP contribution is 2.30. The van der Waals surface area contributed by atoms with Gasteiger partial charge in [0.25, 0.3) is 0 Å². The third-order valence-corrected chi connectivity index (χ3v) is 11.8. The number of nitrogens with one attached hydrogen (secondary N) is 2. The monoisotopic (exact) mass is 766 g/mol. The van der Waals surface area contributed by atoms with E-state index in [0.29, 0.717) is 37.1 Å². The molecule has 0 radical (unpaired) electrons. The second-order valence-electron chi connectivity index (χ2n) is 15.4. The van der Waals surface area contributed by atoms with E-state index in [0.717, 1.165) is 0 Å². The fourth-order valence-corrected chi connectivity index (χ4v) is 8.72. The highest BCUT2D eigenvalue weighted by atomic mass is 32.2. The number of likely N-dealkylation sites (N-methyl/N-ethyl adjacent to an activating group) is 2. The molecular weight excluding hydrogens is 701 g/mol. The van der Waals surface area contributed by atoms with E-state index in [1.165, 1.54) is 14.2 Å². The van der Waals surface area contributed by atoms with Gasteiger partial charge < -0.3 is 30.3 Å². The Balaban J connectivity index is 2.26. The van der Waals surface area contributed by atoms with Crippen molar-refractivity contribution in [3.63, 3.8) is 0 Å². The lowest BCUT2D eigenvalue weighted by molar-refractivity contribution is -0.148. The molecule has 1 saturated heterocycles. The van der Waals surface area contributed by atoms with Crippen LogP contribution in [-0.2, 0) is 44.4 Å². The number of methoxy groups -OCH3 is 2.